The molecule has 2 unspecified atom stereocenters. The number of thioether (sulfide) groups is 1. The number of hydrogen-bond acceptors (Lipinski definition) is 5. The highest BCUT2D eigenvalue weighted by molar-refractivity contribution is 8.14. The Kier molecular flexibility index (Phi) is 4.86. The number of hydrogen-bond donors (Lipinski definition) is 1. The summed E-state index contributed by atoms with van der Waals surface area (Å²) < 4.78 is 0. The molecule has 5 heteroatoms. The minimum atomic E-state index is 0.321. The molecular weight excluding hydrogens is 250 g/mol. The van der Waals surface area contributed by atoms with E-state index in [0.29, 0.717) is 11.3 Å². The van der Waals surface area contributed by atoms with Crippen LogP contribution in [0.15, 0.2) is 16.6 Å². The second-order valence-electron chi connectivity index (χ2n) is 4.15. The van der Waals surface area contributed by atoms with Crippen LogP contribution in [0.3, 0.4) is 0 Å². The molecule has 2 rings (SSSR count). The average Bonchev–Trinajstić information content (AvgIpc) is 2.97. The van der Waals surface area contributed by atoms with Gasteiger partial charge >= 0.3 is 0 Å². The fraction of sp³-hybridized carbons (Fsp3) is 0.667. The van der Waals surface area contributed by atoms with Crippen molar-refractivity contribution in [3.8, 4) is 0 Å². The second-order valence-corrected chi connectivity index (χ2v) is 6.37. The average molecular weight is 269 g/mol. The molecule has 1 aliphatic heterocycles. The predicted molar refractivity (Wildman–Crippen MR) is 76.9 cm³/mol. The van der Waals surface area contributed by atoms with E-state index in [0.717, 1.165) is 23.1 Å². The van der Waals surface area contributed by atoms with Gasteiger partial charge in [-0.15, -0.1) is 11.3 Å². The molecule has 1 aromatic heterocycles. The van der Waals surface area contributed by atoms with Crippen molar-refractivity contribution >= 4 is 28.3 Å². The summed E-state index contributed by atoms with van der Waals surface area (Å²) in [6.07, 6.45) is 5.41. The molecule has 2 atom stereocenters. The maximum absolute atomic E-state index is 4.58. The van der Waals surface area contributed by atoms with Gasteiger partial charge in [0.15, 0.2) is 5.17 Å². The quantitative estimate of drug-likeness (QED) is 0.889. The van der Waals surface area contributed by atoms with Gasteiger partial charge in [-0.3, -0.25) is 4.99 Å². The molecule has 0 aromatic carbocycles. The number of thiazole rings is 1. The van der Waals surface area contributed by atoms with E-state index in [2.05, 4.69) is 29.1 Å². The summed E-state index contributed by atoms with van der Waals surface area (Å²) >= 11 is 3.60. The van der Waals surface area contributed by atoms with Crippen molar-refractivity contribution in [2.45, 2.75) is 44.4 Å². The number of amidine groups is 1. The first kappa shape index (κ1) is 12.9. The predicted octanol–water partition coefficient (Wildman–Crippen LogP) is 3.46. The molecular formula is C12H19N3S2. The molecule has 0 fully saturated rings. The van der Waals surface area contributed by atoms with E-state index >= 15 is 0 Å². The van der Waals surface area contributed by atoms with Crippen molar-refractivity contribution < 1.29 is 0 Å². The van der Waals surface area contributed by atoms with Crippen LogP contribution in [-0.4, -0.2) is 21.9 Å². The lowest BCUT2D eigenvalue weighted by Gasteiger charge is -2.15. The fourth-order valence-electron chi connectivity index (χ4n) is 1.86. The number of aliphatic imine (C=N–C) groups is 1. The third-order valence-electron chi connectivity index (χ3n) is 2.78. The van der Waals surface area contributed by atoms with Gasteiger partial charge in [-0.25, -0.2) is 4.98 Å². The largest absolute Gasteiger partial charge is 0.356 e. The summed E-state index contributed by atoms with van der Waals surface area (Å²) in [4.78, 5) is 8.96. The number of rotatable bonds is 5. The Hall–Kier alpha value is -0.550. The zero-order chi connectivity index (χ0) is 12.1. The summed E-state index contributed by atoms with van der Waals surface area (Å²) in [6.45, 7) is 5.38. The molecule has 3 nitrogen and oxygen atoms in total. The first-order valence-electron chi connectivity index (χ1n) is 6.20. The molecule has 0 amide bonds. The van der Waals surface area contributed by atoms with Gasteiger partial charge in [0.1, 0.15) is 5.01 Å². The van der Waals surface area contributed by atoms with Gasteiger partial charge < -0.3 is 5.32 Å². The van der Waals surface area contributed by atoms with Crippen LogP contribution in [0.4, 0.5) is 0 Å². The molecule has 0 bridgehead atoms. The van der Waals surface area contributed by atoms with Gasteiger partial charge in [0.2, 0.25) is 0 Å². The molecule has 94 valence electrons. The van der Waals surface area contributed by atoms with Gasteiger partial charge in [0.25, 0.3) is 0 Å². The molecule has 17 heavy (non-hydrogen) atoms. The Morgan fingerprint density at radius 2 is 2.41 bits per heavy atom. The fourth-order valence-corrected chi connectivity index (χ4v) is 3.81. The van der Waals surface area contributed by atoms with Crippen LogP contribution in [-0.2, 0) is 0 Å². The third kappa shape index (κ3) is 3.45. The van der Waals surface area contributed by atoms with Gasteiger partial charge in [-0.1, -0.05) is 32.0 Å². The summed E-state index contributed by atoms with van der Waals surface area (Å²) in [6, 6.07) is 0.321. The normalized spacial score (nSPS) is 21.3. The monoisotopic (exact) mass is 269 g/mol. The summed E-state index contributed by atoms with van der Waals surface area (Å²) in [5.74, 6) is 0. The molecule has 0 aliphatic carbocycles. The van der Waals surface area contributed by atoms with Crippen molar-refractivity contribution in [1.29, 1.82) is 0 Å². The summed E-state index contributed by atoms with van der Waals surface area (Å²) in [5.41, 5.74) is 0. The number of aromatic nitrogens is 1. The van der Waals surface area contributed by atoms with Gasteiger partial charge in [0, 0.05) is 16.8 Å². The molecule has 0 radical (unpaired) electrons. The zero-order valence-electron chi connectivity index (χ0n) is 10.3. The lowest BCUT2D eigenvalue weighted by atomic mass is 10.2. The highest BCUT2D eigenvalue weighted by atomic mass is 32.2. The van der Waals surface area contributed by atoms with Crippen LogP contribution >= 0.6 is 23.1 Å². The van der Waals surface area contributed by atoms with Crippen LogP contribution in [0, 0.1) is 0 Å². The molecule has 1 aromatic rings. The maximum atomic E-state index is 4.58. The van der Waals surface area contributed by atoms with E-state index in [4.69, 9.17) is 0 Å². The second kappa shape index (κ2) is 6.40. The van der Waals surface area contributed by atoms with Crippen LogP contribution < -0.4 is 5.32 Å². The van der Waals surface area contributed by atoms with E-state index in [1.54, 1.807) is 11.3 Å². The SMILES string of the molecule is CCCC1CN=C(NC(CC)c2nccs2)S1. The van der Waals surface area contributed by atoms with Gasteiger partial charge in [0.05, 0.1) is 12.6 Å². The molecule has 1 N–H and O–H groups in total. The number of nitrogens with zero attached hydrogens (tertiary/aromatic N) is 2. The topological polar surface area (TPSA) is 37.3 Å². The lowest BCUT2D eigenvalue weighted by Crippen LogP contribution is -2.25. The Bertz CT molecular complexity index is 362. The first-order chi connectivity index (χ1) is 8.33. The highest BCUT2D eigenvalue weighted by Gasteiger charge is 2.21. The first-order valence-corrected chi connectivity index (χ1v) is 7.96. The van der Waals surface area contributed by atoms with Crippen molar-refractivity contribution in [3.05, 3.63) is 16.6 Å². The van der Waals surface area contributed by atoms with Crippen LogP contribution in [0.1, 0.15) is 44.2 Å². The third-order valence-corrected chi connectivity index (χ3v) is 4.86. The summed E-state index contributed by atoms with van der Waals surface area (Å²) in [5, 5.41) is 8.49. The van der Waals surface area contributed by atoms with Crippen LogP contribution in [0.25, 0.3) is 0 Å². The minimum absolute atomic E-state index is 0.321. The van der Waals surface area contributed by atoms with Gasteiger partial charge in [-0.2, -0.15) is 0 Å². The zero-order valence-corrected chi connectivity index (χ0v) is 12.0. The van der Waals surface area contributed by atoms with E-state index in [-0.39, 0.29) is 0 Å². The summed E-state index contributed by atoms with van der Waals surface area (Å²) in [7, 11) is 0. The van der Waals surface area contributed by atoms with Crippen molar-refractivity contribution in [2.24, 2.45) is 4.99 Å². The maximum Gasteiger partial charge on any atom is 0.157 e. The Morgan fingerprint density at radius 1 is 1.53 bits per heavy atom. The molecule has 0 saturated carbocycles. The van der Waals surface area contributed by atoms with E-state index < -0.39 is 0 Å². The Morgan fingerprint density at radius 3 is 3.06 bits per heavy atom. The van der Waals surface area contributed by atoms with Crippen LogP contribution in [0.5, 0.6) is 0 Å². The standard InChI is InChI=1S/C12H19N3S2/c1-3-5-9-8-14-12(17-9)15-10(4-2)11-13-6-7-16-11/h6-7,9-10H,3-5,8H2,1-2H3,(H,14,15). The van der Waals surface area contributed by atoms with E-state index in [1.807, 2.05) is 23.3 Å². The lowest BCUT2D eigenvalue weighted by molar-refractivity contribution is 0.625. The van der Waals surface area contributed by atoms with Crippen LogP contribution in [0.2, 0.25) is 0 Å². The number of nitrogens with one attached hydrogen (secondary N) is 1. The van der Waals surface area contributed by atoms with E-state index in [1.165, 1.54) is 12.8 Å². The van der Waals surface area contributed by atoms with Crippen molar-refractivity contribution in [1.82, 2.24) is 10.3 Å². The van der Waals surface area contributed by atoms with Crippen molar-refractivity contribution in [2.75, 3.05) is 6.54 Å². The smallest absolute Gasteiger partial charge is 0.157 e. The highest BCUT2D eigenvalue weighted by Crippen LogP contribution is 2.26. The molecule has 0 saturated heterocycles. The Labute approximate surface area is 111 Å². The van der Waals surface area contributed by atoms with E-state index in [9.17, 15) is 0 Å². The Balaban J connectivity index is 1.88. The van der Waals surface area contributed by atoms with Crippen molar-refractivity contribution in [3.63, 3.8) is 0 Å². The molecule has 2 heterocycles. The van der Waals surface area contributed by atoms with Gasteiger partial charge in [-0.05, 0) is 12.8 Å². The minimum Gasteiger partial charge on any atom is -0.356 e. The molecule has 1 aliphatic rings. The molecule has 0 spiro atoms.